The molecule has 4 aliphatic carbocycles. The molecule has 0 saturated heterocycles. The molecule has 2 amide bonds. The van der Waals surface area contributed by atoms with Gasteiger partial charge in [0.05, 0.1) is 12.1 Å². The van der Waals surface area contributed by atoms with Crippen molar-refractivity contribution < 1.29 is 19.1 Å². The zero-order valence-corrected chi connectivity index (χ0v) is 31.3. The fraction of sp³-hybridized carbons (Fsp3) is 0.744. The van der Waals surface area contributed by atoms with E-state index in [1.807, 2.05) is 30.3 Å². The Morgan fingerprint density at radius 1 is 0.939 bits per heavy atom. The van der Waals surface area contributed by atoms with E-state index in [2.05, 4.69) is 51.3 Å². The fourth-order valence-corrected chi connectivity index (χ4v) is 10.9. The summed E-state index contributed by atoms with van der Waals surface area (Å²) in [5.74, 6) is 4.73. The van der Waals surface area contributed by atoms with Crippen LogP contribution < -0.4 is 10.6 Å². The Kier molecular flexibility index (Phi) is 13.2. The topological polar surface area (TPSA) is 84.5 Å². The van der Waals surface area contributed by atoms with Crippen molar-refractivity contribution >= 4 is 18.1 Å². The van der Waals surface area contributed by atoms with Crippen LogP contribution in [0.25, 0.3) is 0 Å². The molecule has 4 aliphatic rings. The van der Waals surface area contributed by atoms with Crippen LogP contribution in [0.1, 0.15) is 130 Å². The van der Waals surface area contributed by atoms with Crippen molar-refractivity contribution in [2.45, 2.75) is 143 Å². The van der Waals surface area contributed by atoms with Crippen molar-refractivity contribution in [2.75, 3.05) is 13.2 Å². The molecule has 9 atom stereocenters. The van der Waals surface area contributed by atoms with E-state index in [1.54, 1.807) is 5.57 Å². The third-order valence-electron chi connectivity index (χ3n) is 13.6. The number of fused-ring (bicyclic) bond motifs is 5. The molecular formula is C43H66N2O4. The zero-order valence-electron chi connectivity index (χ0n) is 31.3. The largest absolute Gasteiger partial charge is 0.378 e. The van der Waals surface area contributed by atoms with E-state index in [1.165, 1.54) is 57.8 Å². The number of allylic oxidation sites excluding steroid dienone is 1. The smallest absolute Gasteiger partial charge is 0.221 e. The Morgan fingerprint density at radius 3 is 2.47 bits per heavy atom. The lowest BCUT2D eigenvalue weighted by atomic mass is 9.47. The predicted molar refractivity (Wildman–Crippen MR) is 198 cm³/mol. The minimum atomic E-state index is -0.588. The first-order chi connectivity index (χ1) is 23.5. The van der Waals surface area contributed by atoms with Gasteiger partial charge in [-0.25, -0.2) is 0 Å². The number of carbonyl (C=O) groups is 3. The van der Waals surface area contributed by atoms with E-state index >= 15 is 0 Å². The van der Waals surface area contributed by atoms with E-state index in [4.69, 9.17) is 4.74 Å². The van der Waals surface area contributed by atoms with Gasteiger partial charge in [0.1, 0.15) is 6.29 Å². The van der Waals surface area contributed by atoms with Crippen LogP contribution in [0.15, 0.2) is 42.0 Å². The van der Waals surface area contributed by atoms with Crippen LogP contribution in [-0.4, -0.2) is 43.4 Å². The number of amides is 2. The van der Waals surface area contributed by atoms with Crippen LogP contribution in [-0.2, 0) is 25.5 Å². The van der Waals surface area contributed by atoms with Gasteiger partial charge in [-0.05, 0) is 116 Å². The van der Waals surface area contributed by atoms with Crippen LogP contribution in [0.5, 0.6) is 0 Å². The molecule has 272 valence electrons. The molecule has 3 unspecified atom stereocenters. The van der Waals surface area contributed by atoms with E-state index < -0.39 is 6.04 Å². The summed E-state index contributed by atoms with van der Waals surface area (Å²) in [7, 11) is 0. The molecule has 6 nitrogen and oxygen atoms in total. The van der Waals surface area contributed by atoms with E-state index in [9.17, 15) is 14.4 Å². The predicted octanol–water partition coefficient (Wildman–Crippen LogP) is 8.63. The number of rotatable bonds is 17. The second-order valence-corrected chi connectivity index (χ2v) is 17.2. The number of benzene rings is 1. The number of ether oxygens (including phenoxy) is 1. The highest BCUT2D eigenvalue weighted by atomic mass is 16.5. The molecule has 6 heteroatoms. The Morgan fingerprint density at radius 2 is 1.71 bits per heavy atom. The first kappa shape index (κ1) is 37.8. The third kappa shape index (κ3) is 9.26. The zero-order chi connectivity index (χ0) is 35.0. The average molecular weight is 675 g/mol. The van der Waals surface area contributed by atoms with Gasteiger partial charge in [-0.2, -0.15) is 0 Å². The number of hydrogen-bond acceptors (Lipinski definition) is 4. The van der Waals surface area contributed by atoms with Crippen LogP contribution in [0, 0.1) is 46.3 Å². The second kappa shape index (κ2) is 17.2. The van der Waals surface area contributed by atoms with E-state index in [0.717, 1.165) is 66.6 Å². The monoisotopic (exact) mass is 675 g/mol. The lowest BCUT2D eigenvalue weighted by Gasteiger charge is -2.58. The summed E-state index contributed by atoms with van der Waals surface area (Å²) in [4.78, 5) is 36.1. The molecule has 1 aromatic rings. The molecule has 0 aliphatic heterocycles. The lowest BCUT2D eigenvalue weighted by Crippen LogP contribution is -2.51. The van der Waals surface area contributed by atoms with Crippen molar-refractivity contribution in [3.8, 4) is 0 Å². The van der Waals surface area contributed by atoms with Crippen molar-refractivity contribution in [2.24, 2.45) is 46.3 Å². The van der Waals surface area contributed by atoms with Gasteiger partial charge in [0, 0.05) is 26.0 Å². The molecular weight excluding hydrogens is 608 g/mol. The standard InChI is InChI=1S/C43H66N2O4/c1-30(2)11-9-12-31(3)37-17-18-38-36-16-15-33-28-35(21-23-42(33,4)39(36)22-24-43(37,38)5)49-26-10-25-44-40(47)19-20-41(48)45-34(29-46)27-32-13-7-6-8-14-32/h6-8,13-15,29-31,34-39H,9-12,16-28H2,1-5H3,(H,44,47)(H,45,48)/t31-,34-,35+,36?,37-,38?,39?,42+,43-/m1/s1. The Balaban J connectivity index is 1.00. The fourth-order valence-electron chi connectivity index (χ4n) is 10.9. The van der Waals surface area contributed by atoms with Crippen LogP contribution in [0.2, 0.25) is 0 Å². The Labute approximate surface area is 297 Å². The maximum Gasteiger partial charge on any atom is 0.221 e. The number of carbonyl (C=O) groups excluding carboxylic acids is 3. The quantitative estimate of drug-likeness (QED) is 0.0985. The molecule has 49 heavy (non-hydrogen) atoms. The molecule has 3 saturated carbocycles. The minimum Gasteiger partial charge on any atom is -0.378 e. The molecule has 0 radical (unpaired) electrons. The van der Waals surface area contributed by atoms with Crippen molar-refractivity contribution in [1.29, 1.82) is 0 Å². The van der Waals surface area contributed by atoms with Crippen LogP contribution >= 0.6 is 0 Å². The van der Waals surface area contributed by atoms with Crippen LogP contribution in [0.3, 0.4) is 0 Å². The normalized spacial score (nSPS) is 31.9. The molecule has 2 N–H and O–H groups in total. The molecule has 0 aromatic heterocycles. The van der Waals surface area contributed by atoms with Gasteiger partial charge in [0.2, 0.25) is 11.8 Å². The molecule has 0 bridgehead atoms. The molecule has 3 fully saturated rings. The van der Waals surface area contributed by atoms with Gasteiger partial charge in [0.25, 0.3) is 0 Å². The average Bonchev–Trinajstić information content (AvgIpc) is 3.44. The van der Waals surface area contributed by atoms with Gasteiger partial charge in [-0.3, -0.25) is 9.59 Å². The highest BCUT2D eigenvalue weighted by Gasteiger charge is 2.59. The first-order valence-electron chi connectivity index (χ1n) is 19.9. The second-order valence-electron chi connectivity index (χ2n) is 17.2. The lowest BCUT2D eigenvalue weighted by molar-refractivity contribution is -0.127. The minimum absolute atomic E-state index is 0.0669. The van der Waals surface area contributed by atoms with Crippen LogP contribution in [0.4, 0.5) is 0 Å². The molecule has 5 rings (SSSR count). The third-order valence-corrected chi connectivity index (χ3v) is 13.6. The summed E-state index contributed by atoms with van der Waals surface area (Å²) in [6.45, 7) is 13.8. The Hall–Kier alpha value is -2.47. The number of aldehydes is 1. The van der Waals surface area contributed by atoms with Gasteiger partial charge in [-0.15, -0.1) is 0 Å². The molecule has 0 heterocycles. The Bertz CT molecular complexity index is 1280. The summed E-state index contributed by atoms with van der Waals surface area (Å²) in [5.41, 5.74) is 3.51. The highest BCUT2D eigenvalue weighted by Crippen LogP contribution is 2.67. The summed E-state index contributed by atoms with van der Waals surface area (Å²) in [6.07, 6.45) is 19.6. The van der Waals surface area contributed by atoms with Crippen molar-refractivity contribution in [3.05, 3.63) is 47.5 Å². The number of hydrogen-bond donors (Lipinski definition) is 2. The van der Waals surface area contributed by atoms with Gasteiger partial charge >= 0.3 is 0 Å². The van der Waals surface area contributed by atoms with E-state index in [0.29, 0.717) is 30.4 Å². The van der Waals surface area contributed by atoms with Gasteiger partial charge in [-0.1, -0.05) is 95.9 Å². The first-order valence-corrected chi connectivity index (χ1v) is 19.9. The number of nitrogens with one attached hydrogen (secondary N) is 2. The summed E-state index contributed by atoms with van der Waals surface area (Å²) in [5, 5.41) is 5.67. The van der Waals surface area contributed by atoms with E-state index in [-0.39, 0.29) is 30.8 Å². The van der Waals surface area contributed by atoms with Gasteiger partial charge < -0.3 is 20.2 Å². The molecule has 1 aromatic carbocycles. The summed E-state index contributed by atoms with van der Waals surface area (Å²) >= 11 is 0. The SMILES string of the molecule is CC(C)CCC[C@@H](C)[C@H]1CCC2C3CC=C4C[C@@H](OCCCNC(=O)CCC(=O)N[C@@H](C=O)Cc5ccccc5)CC[C@]4(C)C3CC[C@@]21C. The summed E-state index contributed by atoms with van der Waals surface area (Å²) < 4.78 is 6.38. The van der Waals surface area contributed by atoms with Gasteiger partial charge in [0.15, 0.2) is 0 Å². The maximum absolute atomic E-state index is 12.4. The highest BCUT2D eigenvalue weighted by molar-refractivity contribution is 5.85. The van der Waals surface area contributed by atoms with Crippen molar-refractivity contribution in [1.82, 2.24) is 10.6 Å². The summed E-state index contributed by atoms with van der Waals surface area (Å²) in [6, 6.07) is 9.00. The maximum atomic E-state index is 12.4. The molecule has 0 spiro atoms. The van der Waals surface area contributed by atoms with Crippen molar-refractivity contribution in [3.63, 3.8) is 0 Å².